The largest absolute Gasteiger partial charge is 0.298 e. The van der Waals surface area contributed by atoms with Gasteiger partial charge >= 0.3 is 0 Å². The van der Waals surface area contributed by atoms with Crippen molar-refractivity contribution in [1.82, 2.24) is 4.98 Å². The van der Waals surface area contributed by atoms with Crippen molar-refractivity contribution in [3.05, 3.63) is 28.6 Å². The Kier molecular flexibility index (Phi) is 2.25. The molecule has 60 valence electrons. The quantitative estimate of drug-likeness (QED) is 0.282. The van der Waals surface area contributed by atoms with E-state index in [0.29, 0.717) is 0 Å². The summed E-state index contributed by atoms with van der Waals surface area (Å²) in [7, 11) is 0. The van der Waals surface area contributed by atoms with Gasteiger partial charge < -0.3 is 0 Å². The number of nitro groups is 1. The van der Waals surface area contributed by atoms with Crippen LogP contribution in [0.4, 0.5) is 11.4 Å². The molecule has 0 aliphatic heterocycles. The minimum atomic E-state index is -0.641. The second kappa shape index (κ2) is 3.36. The lowest BCUT2D eigenvalue weighted by Crippen LogP contribution is -1.88. The van der Waals surface area contributed by atoms with E-state index in [-0.39, 0.29) is 11.4 Å². The number of hydrogen-bond acceptors (Lipinski definition) is 5. The lowest BCUT2D eigenvalue weighted by atomic mass is 10.4. The molecular weight excluding hydrogens is 162 g/mol. The maximum absolute atomic E-state index is 10.3. The highest BCUT2D eigenvalue weighted by Crippen LogP contribution is 2.23. The van der Waals surface area contributed by atoms with Gasteiger partial charge in [0.2, 0.25) is 6.08 Å². The van der Waals surface area contributed by atoms with E-state index in [1.54, 1.807) is 0 Å². The predicted octanol–water partition coefficient (Wildman–Crippen LogP) is 0.957. The summed E-state index contributed by atoms with van der Waals surface area (Å²) in [5.41, 5.74) is -0.342. The number of isocyanates is 1. The minimum Gasteiger partial charge on any atom is -0.262 e. The average molecular weight is 165 g/mol. The molecule has 0 unspecified atom stereocenters. The summed E-state index contributed by atoms with van der Waals surface area (Å²) < 4.78 is 0. The molecule has 0 aliphatic carbocycles. The number of rotatable bonds is 2. The van der Waals surface area contributed by atoms with Gasteiger partial charge in [0.15, 0.2) is 5.69 Å². The van der Waals surface area contributed by atoms with E-state index in [1.807, 2.05) is 0 Å². The molecule has 0 fully saturated rings. The van der Waals surface area contributed by atoms with Crippen LogP contribution in [0.2, 0.25) is 0 Å². The molecular formula is C6H3N3O3. The first-order valence-electron chi connectivity index (χ1n) is 2.92. The standard InChI is InChI=1S/C6H3N3O3/c10-4-8-5-3-7-2-1-6(5)9(11)12/h1-3H. The van der Waals surface area contributed by atoms with Crippen molar-refractivity contribution in [2.45, 2.75) is 0 Å². The maximum Gasteiger partial charge on any atom is 0.298 e. The molecule has 0 aromatic carbocycles. The molecule has 0 saturated heterocycles. The number of aliphatic imine (C=N–C) groups is 1. The third-order valence-electron chi connectivity index (χ3n) is 1.14. The SMILES string of the molecule is O=C=Nc1cnccc1[N+](=O)[O-]. The Hall–Kier alpha value is -2.07. The van der Waals surface area contributed by atoms with Crippen LogP contribution in [-0.2, 0) is 4.79 Å². The van der Waals surface area contributed by atoms with Gasteiger partial charge in [-0.25, -0.2) is 4.79 Å². The van der Waals surface area contributed by atoms with Crippen LogP contribution >= 0.6 is 0 Å². The third-order valence-corrected chi connectivity index (χ3v) is 1.14. The molecule has 0 bridgehead atoms. The molecule has 0 N–H and O–H groups in total. The van der Waals surface area contributed by atoms with Crippen LogP contribution in [0, 0.1) is 10.1 Å². The smallest absolute Gasteiger partial charge is 0.262 e. The Balaban J connectivity index is 3.26. The van der Waals surface area contributed by atoms with Crippen LogP contribution in [0.1, 0.15) is 0 Å². The van der Waals surface area contributed by atoms with Crippen molar-refractivity contribution in [1.29, 1.82) is 0 Å². The monoisotopic (exact) mass is 165 g/mol. The van der Waals surface area contributed by atoms with Gasteiger partial charge in [0, 0.05) is 12.3 Å². The first-order chi connectivity index (χ1) is 5.75. The van der Waals surface area contributed by atoms with Crippen LogP contribution in [0.3, 0.4) is 0 Å². The minimum absolute atomic E-state index is 0.0856. The normalized spacial score (nSPS) is 8.67. The van der Waals surface area contributed by atoms with Crippen molar-refractivity contribution in [3.63, 3.8) is 0 Å². The number of aromatic nitrogens is 1. The van der Waals surface area contributed by atoms with E-state index in [4.69, 9.17) is 0 Å². The number of carbonyl (C=O) groups excluding carboxylic acids is 1. The molecule has 0 radical (unpaired) electrons. The highest BCUT2D eigenvalue weighted by molar-refractivity contribution is 5.59. The molecule has 0 spiro atoms. The zero-order valence-corrected chi connectivity index (χ0v) is 5.80. The van der Waals surface area contributed by atoms with Crippen LogP contribution in [-0.4, -0.2) is 16.0 Å². The molecule has 0 aliphatic rings. The molecule has 1 rings (SSSR count). The lowest BCUT2D eigenvalue weighted by molar-refractivity contribution is -0.384. The predicted molar refractivity (Wildman–Crippen MR) is 38.7 cm³/mol. The molecule has 1 aromatic heterocycles. The van der Waals surface area contributed by atoms with Gasteiger partial charge in [-0.1, -0.05) is 0 Å². The fraction of sp³-hybridized carbons (Fsp3) is 0. The van der Waals surface area contributed by atoms with Crippen molar-refractivity contribution in [2.75, 3.05) is 0 Å². The van der Waals surface area contributed by atoms with E-state index in [0.717, 1.165) is 12.3 Å². The molecule has 1 aromatic rings. The fourth-order valence-electron chi connectivity index (χ4n) is 0.668. The average Bonchev–Trinajstić information content (AvgIpc) is 2.05. The summed E-state index contributed by atoms with van der Waals surface area (Å²) in [5.74, 6) is 0. The number of pyridine rings is 1. The van der Waals surface area contributed by atoms with Gasteiger partial charge in [0.25, 0.3) is 5.69 Å². The lowest BCUT2D eigenvalue weighted by Gasteiger charge is -1.91. The van der Waals surface area contributed by atoms with Crippen molar-refractivity contribution in [2.24, 2.45) is 4.99 Å². The second-order valence-corrected chi connectivity index (χ2v) is 1.82. The first kappa shape index (κ1) is 8.03. The fourth-order valence-corrected chi connectivity index (χ4v) is 0.668. The zero-order valence-electron chi connectivity index (χ0n) is 5.80. The summed E-state index contributed by atoms with van der Waals surface area (Å²) in [6, 6.07) is 1.16. The Morgan fingerprint density at radius 3 is 3.00 bits per heavy atom. The molecule has 1 heterocycles. The summed E-state index contributed by atoms with van der Waals surface area (Å²) in [5, 5.41) is 10.3. The molecule has 0 atom stereocenters. The van der Waals surface area contributed by atoms with E-state index in [9.17, 15) is 14.9 Å². The Morgan fingerprint density at radius 1 is 1.67 bits per heavy atom. The van der Waals surface area contributed by atoms with Crippen LogP contribution < -0.4 is 0 Å². The van der Waals surface area contributed by atoms with Crippen LogP contribution in [0.25, 0.3) is 0 Å². The molecule has 0 amide bonds. The second-order valence-electron chi connectivity index (χ2n) is 1.82. The van der Waals surface area contributed by atoms with Crippen molar-refractivity contribution >= 4 is 17.5 Å². The summed E-state index contributed by atoms with van der Waals surface area (Å²) in [6.45, 7) is 0. The Morgan fingerprint density at radius 2 is 2.42 bits per heavy atom. The number of hydrogen-bond donors (Lipinski definition) is 0. The zero-order chi connectivity index (χ0) is 8.97. The van der Waals surface area contributed by atoms with E-state index in [2.05, 4.69) is 9.98 Å². The van der Waals surface area contributed by atoms with Crippen molar-refractivity contribution < 1.29 is 9.72 Å². The Bertz CT molecular complexity index is 336. The van der Waals surface area contributed by atoms with Gasteiger partial charge in [-0.15, -0.1) is 0 Å². The van der Waals surface area contributed by atoms with E-state index >= 15 is 0 Å². The topological polar surface area (TPSA) is 85.5 Å². The van der Waals surface area contributed by atoms with Crippen LogP contribution in [0.15, 0.2) is 23.5 Å². The van der Waals surface area contributed by atoms with Crippen molar-refractivity contribution in [3.8, 4) is 0 Å². The molecule has 12 heavy (non-hydrogen) atoms. The molecule has 0 saturated carbocycles. The number of nitrogens with zero attached hydrogens (tertiary/aromatic N) is 3. The summed E-state index contributed by atoms with van der Waals surface area (Å²) >= 11 is 0. The highest BCUT2D eigenvalue weighted by Gasteiger charge is 2.11. The summed E-state index contributed by atoms with van der Waals surface area (Å²) in [6.07, 6.45) is 3.59. The molecule has 6 nitrogen and oxygen atoms in total. The maximum atomic E-state index is 10.3. The summed E-state index contributed by atoms with van der Waals surface area (Å²) in [4.78, 5) is 26.1. The van der Waals surface area contributed by atoms with E-state index in [1.165, 1.54) is 12.3 Å². The highest BCUT2D eigenvalue weighted by atomic mass is 16.6. The van der Waals surface area contributed by atoms with Gasteiger partial charge in [-0.05, 0) is 0 Å². The van der Waals surface area contributed by atoms with Gasteiger partial charge in [0.05, 0.1) is 11.1 Å². The Labute approximate surface area is 66.7 Å². The first-order valence-corrected chi connectivity index (χ1v) is 2.92. The van der Waals surface area contributed by atoms with Gasteiger partial charge in [-0.2, -0.15) is 4.99 Å². The molecule has 6 heteroatoms. The van der Waals surface area contributed by atoms with Crippen LogP contribution in [0.5, 0.6) is 0 Å². The third kappa shape index (κ3) is 1.50. The van der Waals surface area contributed by atoms with E-state index < -0.39 is 4.92 Å². The van der Waals surface area contributed by atoms with Gasteiger partial charge in [0.1, 0.15) is 0 Å². The van der Waals surface area contributed by atoms with Gasteiger partial charge in [-0.3, -0.25) is 15.1 Å².